The lowest BCUT2D eigenvalue weighted by molar-refractivity contribution is -0.138. The maximum Gasteiger partial charge on any atom is 0.416 e. The monoisotopic (exact) mass is 1050 g/mol. The SMILES string of the molecule is CC.CC(C)(C)OC(=O)c1ccc2nc(N)ccc2c1.CC(C)(C)OC(=O)c1ccc2nc(NC(=O)c3ccccc3-c3ccc(C(F)(F)F)cc3)ccc2c1.O=C(Cl)c1ccccc1-c1ccc(C(F)(F)F)cc1.[2H-]. The zero-order valence-electron chi connectivity index (χ0n) is 43.1. The number of nitrogens with zero attached hydrogens (tertiary/aromatic N) is 2. The van der Waals surface area contributed by atoms with Crippen LogP contribution in [0.25, 0.3) is 44.1 Å². The van der Waals surface area contributed by atoms with Crippen LogP contribution in [0.4, 0.5) is 38.0 Å². The summed E-state index contributed by atoms with van der Waals surface area (Å²) >= 11 is 5.44. The standard InChI is InChI=1S/C28H23F3N2O3.C14H8ClF3O.C14H16N2O2.C2H6.H/c1-27(2,3)36-26(35)19-10-14-23-18(16-19)11-15-24(32-23)33-25(34)22-7-5-4-6-21(22)17-8-12-20(13-9-17)28(29,30)31;15-13(19)12-4-2-1-3-11(12)9-5-7-10(8-6-9)14(16,17)18;1-14(2,3)18-13(17)10-4-6-11-9(8-10)5-7-12(15)16-11;1-2;/h4-16H,1-3H3,(H,32,33,34);1-8H;4-8H,1-3H3,(H2,15,16);1-2H3;/q;;;;-1/i;;;;1+1. The van der Waals surface area contributed by atoms with Crippen LogP contribution in [0.5, 0.6) is 0 Å². The molecule has 0 bridgehead atoms. The first-order valence-corrected chi connectivity index (χ1v) is 23.6. The van der Waals surface area contributed by atoms with Gasteiger partial charge in [-0.15, -0.1) is 0 Å². The molecular weight excluding hydrogens is 998 g/mol. The van der Waals surface area contributed by atoms with E-state index in [9.17, 15) is 45.5 Å². The molecule has 2 aromatic heterocycles. The third-order valence-electron chi connectivity index (χ3n) is 10.3. The Labute approximate surface area is 436 Å². The summed E-state index contributed by atoms with van der Waals surface area (Å²) in [5.41, 5.74) is 7.79. The number of nitrogens with two attached hydrogens (primary N) is 1. The fourth-order valence-electron chi connectivity index (χ4n) is 6.96. The Kier molecular flexibility index (Phi) is 18.7. The van der Waals surface area contributed by atoms with E-state index < -0.39 is 51.8 Å². The quantitative estimate of drug-likeness (QED) is 0.0903. The van der Waals surface area contributed by atoms with Gasteiger partial charge in [0.25, 0.3) is 11.1 Å². The molecular formula is C58H54ClF6N4O6-. The van der Waals surface area contributed by atoms with Gasteiger partial charge in [0, 0.05) is 21.9 Å². The minimum absolute atomic E-state index is 0. The van der Waals surface area contributed by atoms with Crippen LogP contribution in [0.3, 0.4) is 0 Å². The van der Waals surface area contributed by atoms with Crippen LogP contribution in [0, 0.1) is 0 Å². The number of ether oxygens (including phenoxy) is 2. The van der Waals surface area contributed by atoms with E-state index in [0.717, 1.165) is 35.2 Å². The van der Waals surface area contributed by atoms with Gasteiger partial charge in [0.05, 0.1) is 33.3 Å². The Bertz CT molecular complexity index is 3320. The van der Waals surface area contributed by atoms with Gasteiger partial charge in [-0.2, -0.15) is 26.3 Å². The second kappa shape index (κ2) is 24.3. The second-order valence-electron chi connectivity index (χ2n) is 18.2. The van der Waals surface area contributed by atoms with Crippen molar-refractivity contribution < 1.29 is 56.4 Å². The first kappa shape index (κ1) is 57.8. The first-order valence-electron chi connectivity index (χ1n) is 23.2. The highest BCUT2D eigenvalue weighted by Gasteiger charge is 2.31. The highest BCUT2D eigenvalue weighted by atomic mass is 35.5. The molecule has 0 aliphatic rings. The molecule has 1 amide bonds. The number of pyridine rings is 2. The summed E-state index contributed by atoms with van der Waals surface area (Å²) in [6.07, 6.45) is -8.81. The molecule has 0 saturated heterocycles. The molecule has 17 heteroatoms. The van der Waals surface area contributed by atoms with Crippen molar-refractivity contribution in [3.63, 3.8) is 0 Å². The molecule has 0 radical (unpaired) electrons. The molecule has 0 saturated carbocycles. The van der Waals surface area contributed by atoms with Crippen molar-refractivity contribution in [3.05, 3.63) is 191 Å². The summed E-state index contributed by atoms with van der Waals surface area (Å²) in [5, 5.41) is 3.66. The molecule has 2 heterocycles. The largest absolute Gasteiger partial charge is 1.00 e. The number of anilines is 2. The number of benzene rings is 6. The normalized spacial score (nSPS) is 11.4. The van der Waals surface area contributed by atoms with Crippen molar-refractivity contribution in [2.75, 3.05) is 11.1 Å². The zero-order chi connectivity index (χ0) is 55.5. The van der Waals surface area contributed by atoms with Crippen molar-refractivity contribution in [2.45, 2.75) is 78.9 Å². The minimum atomic E-state index is -4.44. The molecule has 392 valence electrons. The Balaban J connectivity index is 0.000000263. The molecule has 8 rings (SSSR count). The van der Waals surface area contributed by atoms with E-state index in [1.54, 1.807) is 118 Å². The van der Waals surface area contributed by atoms with Crippen LogP contribution >= 0.6 is 11.6 Å². The van der Waals surface area contributed by atoms with Gasteiger partial charge in [-0.05, 0) is 172 Å². The van der Waals surface area contributed by atoms with Crippen molar-refractivity contribution in [1.29, 1.82) is 0 Å². The molecule has 6 aromatic carbocycles. The number of hydrogen-bond donors (Lipinski definition) is 2. The number of esters is 2. The number of nitrogen functional groups attached to an aromatic ring is 1. The molecule has 75 heavy (non-hydrogen) atoms. The third-order valence-corrected chi connectivity index (χ3v) is 10.5. The number of nitrogens with one attached hydrogen (secondary N) is 1. The van der Waals surface area contributed by atoms with Gasteiger partial charge >= 0.3 is 24.3 Å². The van der Waals surface area contributed by atoms with Gasteiger partial charge in [-0.1, -0.05) is 74.5 Å². The maximum atomic E-state index is 13.1. The van der Waals surface area contributed by atoms with Gasteiger partial charge in [0.1, 0.15) is 22.8 Å². The van der Waals surface area contributed by atoms with Crippen LogP contribution in [0.15, 0.2) is 158 Å². The van der Waals surface area contributed by atoms with E-state index in [-0.39, 0.29) is 13.0 Å². The predicted molar refractivity (Wildman–Crippen MR) is 283 cm³/mol. The molecule has 0 unspecified atom stereocenters. The molecule has 0 aliphatic heterocycles. The van der Waals surface area contributed by atoms with Crippen LogP contribution in [0.1, 0.15) is 109 Å². The lowest BCUT2D eigenvalue weighted by Gasteiger charge is -2.19. The van der Waals surface area contributed by atoms with Crippen molar-refractivity contribution in [3.8, 4) is 22.3 Å². The van der Waals surface area contributed by atoms with E-state index >= 15 is 0 Å². The van der Waals surface area contributed by atoms with E-state index in [2.05, 4.69) is 15.3 Å². The Morgan fingerprint density at radius 3 is 1.35 bits per heavy atom. The second-order valence-corrected chi connectivity index (χ2v) is 18.6. The number of carbonyl (C=O) groups excluding carboxylic acids is 4. The van der Waals surface area contributed by atoms with E-state index in [0.29, 0.717) is 61.5 Å². The summed E-state index contributed by atoms with van der Waals surface area (Å²) in [6, 6.07) is 39.5. The fraction of sp³-hybridized carbons (Fsp3) is 0.207. The van der Waals surface area contributed by atoms with E-state index in [4.69, 9.17) is 26.8 Å². The van der Waals surface area contributed by atoms with Crippen LogP contribution in [-0.2, 0) is 21.8 Å². The number of aromatic nitrogens is 2. The van der Waals surface area contributed by atoms with Crippen LogP contribution < -0.4 is 11.1 Å². The number of amides is 1. The Morgan fingerprint density at radius 1 is 0.520 bits per heavy atom. The lowest BCUT2D eigenvalue weighted by atomic mass is 9.98. The predicted octanol–water partition coefficient (Wildman–Crippen LogP) is 15.8. The summed E-state index contributed by atoms with van der Waals surface area (Å²) in [5.74, 6) is -0.474. The average molecular weight is 1050 g/mol. The molecule has 8 aromatic rings. The van der Waals surface area contributed by atoms with Crippen molar-refractivity contribution in [1.82, 2.24) is 9.97 Å². The van der Waals surface area contributed by atoms with Crippen molar-refractivity contribution >= 4 is 68.1 Å². The number of halogens is 7. The van der Waals surface area contributed by atoms with Gasteiger partial charge in [-0.25, -0.2) is 19.6 Å². The summed E-state index contributed by atoms with van der Waals surface area (Å²) < 4.78 is 86.8. The smallest absolute Gasteiger partial charge is 0.416 e. The van der Waals surface area contributed by atoms with Gasteiger partial charge in [0.15, 0.2) is 0 Å². The van der Waals surface area contributed by atoms with Gasteiger partial charge < -0.3 is 22.0 Å². The van der Waals surface area contributed by atoms with Gasteiger partial charge in [0.2, 0.25) is 0 Å². The summed E-state index contributed by atoms with van der Waals surface area (Å²) in [6.45, 7) is 14.9. The molecule has 0 aliphatic carbocycles. The summed E-state index contributed by atoms with van der Waals surface area (Å²) in [4.78, 5) is 57.2. The van der Waals surface area contributed by atoms with Crippen LogP contribution in [-0.4, -0.2) is 44.3 Å². The highest BCUT2D eigenvalue weighted by molar-refractivity contribution is 6.68. The maximum absolute atomic E-state index is 13.1. The number of hydrogen-bond acceptors (Lipinski definition) is 9. The van der Waals surface area contributed by atoms with Crippen LogP contribution in [0.2, 0.25) is 0 Å². The van der Waals surface area contributed by atoms with E-state index in [1.165, 1.54) is 30.3 Å². The first-order chi connectivity index (χ1) is 35.1. The zero-order valence-corrected chi connectivity index (χ0v) is 42.8. The highest BCUT2D eigenvalue weighted by Crippen LogP contribution is 2.34. The average Bonchev–Trinajstić information content (AvgIpc) is 3.35. The van der Waals surface area contributed by atoms with Crippen molar-refractivity contribution in [2.24, 2.45) is 0 Å². The molecule has 3 N–H and O–H groups in total. The van der Waals surface area contributed by atoms with Gasteiger partial charge in [-0.3, -0.25) is 9.59 Å². The Hall–Kier alpha value is -8.11. The minimum Gasteiger partial charge on any atom is -1.00 e. The fourth-order valence-corrected chi connectivity index (χ4v) is 7.13. The Morgan fingerprint density at radius 2 is 0.920 bits per heavy atom. The topological polar surface area (TPSA) is 151 Å². The number of carbonyl (C=O) groups is 4. The lowest BCUT2D eigenvalue weighted by Crippen LogP contribution is -2.23. The molecule has 0 fully saturated rings. The number of alkyl halides is 6. The van der Waals surface area contributed by atoms with E-state index in [1.807, 2.05) is 40.7 Å². The molecule has 10 nitrogen and oxygen atoms in total. The molecule has 0 spiro atoms. The molecule has 0 atom stereocenters. The summed E-state index contributed by atoms with van der Waals surface area (Å²) in [7, 11) is 0. The number of rotatable bonds is 7. The third kappa shape index (κ3) is 16.4. The number of fused-ring (bicyclic) bond motifs is 2.